The first kappa shape index (κ1) is 17.5. The van der Waals surface area contributed by atoms with Crippen molar-refractivity contribution in [3.63, 3.8) is 0 Å². The van der Waals surface area contributed by atoms with Crippen LogP contribution in [0, 0.1) is 0 Å². The number of carbonyl (C=O) groups is 1. The lowest BCUT2D eigenvalue weighted by Gasteiger charge is -2.17. The van der Waals surface area contributed by atoms with Crippen LogP contribution >= 0.6 is 11.6 Å². The van der Waals surface area contributed by atoms with E-state index in [0.29, 0.717) is 5.02 Å². The Morgan fingerprint density at radius 3 is 2.60 bits per heavy atom. The topological polar surface area (TPSA) is 46.9 Å². The summed E-state index contributed by atoms with van der Waals surface area (Å²) in [6.45, 7) is 5.92. The van der Waals surface area contributed by atoms with Crippen LogP contribution in [0.4, 0.5) is 0 Å². The molecular formula is C20H22ClN3O. The average Bonchev–Trinajstić information content (AvgIpc) is 3.00. The van der Waals surface area contributed by atoms with Gasteiger partial charge in [-0.1, -0.05) is 48.9 Å². The zero-order valence-electron chi connectivity index (χ0n) is 14.7. The molecule has 4 nitrogen and oxygen atoms in total. The van der Waals surface area contributed by atoms with E-state index in [1.165, 1.54) is 0 Å². The molecule has 130 valence electrons. The molecule has 0 saturated carbocycles. The summed E-state index contributed by atoms with van der Waals surface area (Å²) >= 11 is 6.20. The fourth-order valence-electron chi connectivity index (χ4n) is 2.79. The van der Waals surface area contributed by atoms with Gasteiger partial charge in [-0.3, -0.25) is 9.48 Å². The fraction of sp³-hybridized carbons (Fsp3) is 0.300. The van der Waals surface area contributed by atoms with E-state index in [1.54, 1.807) is 4.68 Å². The van der Waals surface area contributed by atoms with Crippen molar-refractivity contribution in [2.24, 2.45) is 0 Å². The Morgan fingerprint density at radius 2 is 1.92 bits per heavy atom. The second-order valence-corrected chi connectivity index (χ2v) is 6.75. The van der Waals surface area contributed by atoms with Crippen molar-refractivity contribution < 1.29 is 4.79 Å². The van der Waals surface area contributed by atoms with Crippen molar-refractivity contribution in [2.75, 3.05) is 0 Å². The maximum absolute atomic E-state index is 12.6. The van der Waals surface area contributed by atoms with Crippen LogP contribution in [-0.4, -0.2) is 21.7 Å². The van der Waals surface area contributed by atoms with Gasteiger partial charge in [0.1, 0.15) is 11.7 Å². The second-order valence-electron chi connectivity index (χ2n) is 6.31. The highest BCUT2D eigenvalue weighted by Gasteiger charge is 2.22. The van der Waals surface area contributed by atoms with E-state index in [9.17, 15) is 4.79 Å². The Morgan fingerprint density at radius 1 is 1.20 bits per heavy atom. The molecule has 25 heavy (non-hydrogen) atoms. The molecule has 1 N–H and O–H groups in total. The third-order valence-corrected chi connectivity index (χ3v) is 4.70. The van der Waals surface area contributed by atoms with Crippen LogP contribution in [-0.2, 0) is 4.79 Å². The molecule has 0 aliphatic heterocycles. The number of rotatable bonds is 5. The van der Waals surface area contributed by atoms with Gasteiger partial charge in [-0.2, -0.15) is 5.10 Å². The number of halogens is 1. The van der Waals surface area contributed by atoms with Crippen LogP contribution < -0.4 is 5.32 Å². The van der Waals surface area contributed by atoms with Gasteiger partial charge < -0.3 is 5.32 Å². The highest BCUT2D eigenvalue weighted by Crippen LogP contribution is 2.31. The summed E-state index contributed by atoms with van der Waals surface area (Å²) < 4.78 is 1.78. The van der Waals surface area contributed by atoms with Crippen LogP contribution in [0.2, 0.25) is 5.02 Å². The molecule has 1 heterocycles. The summed E-state index contributed by atoms with van der Waals surface area (Å²) in [6.07, 6.45) is 0.892. The number of hydrogen-bond acceptors (Lipinski definition) is 2. The van der Waals surface area contributed by atoms with Gasteiger partial charge in [-0.15, -0.1) is 0 Å². The fourth-order valence-corrected chi connectivity index (χ4v) is 2.97. The van der Waals surface area contributed by atoms with Gasteiger partial charge in [-0.05, 0) is 38.5 Å². The largest absolute Gasteiger partial charge is 0.352 e. The molecule has 5 heteroatoms. The first-order chi connectivity index (χ1) is 12.0. The lowest BCUT2D eigenvalue weighted by molar-refractivity contribution is -0.124. The van der Waals surface area contributed by atoms with Gasteiger partial charge in [0.25, 0.3) is 0 Å². The molecule has 0 fully saturated rings. The molecular weight excluding hydrogens is 334 g/mol. The van der Waals surface area contributed by atoms with Crippen LogP contribution in [0.15, 0.2) is 48.5 Å². The van der Waals surface area contributed by atoms with Gasteiger partial charge in [0.05, 0.1) is 5.52 Å². The Hall–Kier alpha value is -2.33. The van der Waals surface area contributed by atoms with Gasteiger partial charge >= 0.3 is 0 Å². The van der Waals surface area contributed by atoms with Crippen molar-refractivity contribution >= 4 is 28.4 Å². The zero-order valence-corrected chi connectivity index (χ0v) is 15.4. The Bertz CT molecular complexity index is 889. The van der Waals surface area contributed by atoms with E-state index in [4.69, 9.17) is 16.7 Å². The number of hydrogen-bond donors (Lipinski definition) is 1. The normalized spacial score (nSPS) is 13.6. The highest BCUT2D eigenvalue weighted by atomic mass is 35.5. The second kappa shape index (κ2) is 7.28. The Labute approximate surface area is 152 Å². The van der Waals surface area contributed by atoms with Gasteiger partial charge in [0, 0.05) is 22.0 Å². The molecule has 3 rings (SSSR count). The number of fused-ring (bicyclic) bond motifs is 1. The van der Waals surface area contributed by atoms with E-state index >= 15 is 0 Å². The van der Waals surface area contributed by atoms with Gasteiger partial charge in [0.2, 0.25) is 5.91 Å². The quantitative estimate of drug-likeness (QED) is 0.712. The summed E-state index contributed by atoms with van der Waals surface area (Å²) in [5.41, 5.74) is 2.74. The number of aromatic nitrogens is 2. The van der Waals surface area contributed by atoms with Crippen molar-refractivity contribution in [3.8, 4) is 11.3 Å². The first-order valence-electron chi connectivity index (χ1n) is 8.54. The van der Waals surface area contributed by atoms with Crippen molar-refractivity contribution in [1.82, 2.24) is 15.1 Å². The summed E-state index contributed by atoms with van der Waals surface area (Å²) in [4.78, 5) is 12.6. The van der Waals surface area contributed by atoms with E-state index < -0.39 is 6.04 Å². The van der Waals surface area contributed by atoms with Crippen LogP contribution in [0.1, 0.15) is 33.2 Å². The van der Waals surface area contributed by atoms with E-state index in [2.05, 4.69) is 12.2 Å². The summed E-state index contributed by atoms with van der Waals surface area (Å²) in [5, 5.41) is 9.38. The smallest absolute Gasteiger partial charge is 0.244 e. The van der Waals surface area contributed by atoms with Crippen molar-refractivity contribution in [1.29, 1.82) is 0 Å². The number of carbonyl (C=O) groups excluding carboxylic acids is 1. The van der Waals surface area contributed by atoms with Crippen molar-refractivity contribution in [2.45, 2.75) is 39.3 Å². The molecule has 3 aromatic rings. The molecule has 0 bridgehead atoms. The third kappa shape index (κ3) is 3.54. The molecule has 2 aromatic carbocycles. The predicted molar refractivity (Wildman–Crippen MR) is 103 cm³/mol. The summed E-state index contributed by atoms with van der Waals surface area (Å²) in [6, 6.07) is 15.3. The molecule has 0 aliphatic carbocycles. The molecule has 2 atom stereocenters. The maximum Gasteiger partial charge on any atom is 0.244 e. The average molecular weight is 356 g/mol. The Kier molecular flexibility index (Phi) is 5.09. The summed E-state index contributed by atoms with van der Waals surface area (Å²) in [7, 11) is 0. The molecule has 1 amide bonds. The highest BCUT2D eigenvalue weighted by molar-refractivity contribution is 6.31. The molecule has 1 aromatic heterocycles. The lowest BCUT2D eigenvalue weighted by atomic mass is 10.1. The summed E-state index contributed by atoms with van der Waals surface area (Å²) in [5.74, 6) is -0.0340. The Balaban J connectivity index is 2.09. The van der Waals surface area contributed by atoms with Crippen LogP contribution in [0.25, 0.3) is 22.2 Å². The van der Waals surface area contributed by atoms with Crippen LogP contribution in [0.3, 0.4) is 0 Å². The van der Waals surface area contributed by atoms with Gasteiger partial charge in [0.15, 0.2) is 0 Å². The SMILES string of the molecule is CC[C@@H](C)NC(=O)[C@@H](C)n1nc(-c2ccccc2)c2cc(Cl)ccc21. The number of nitrogens with one attached hydrogen (secondary N) is 1. The third-order valence-electron chi connectivity index (χ3n) is 4.46. The van der Waals surface area contributed by atoms with E-state index in [0.717, 1.165) is 28.6 Å². The minimum atomic E-state index is -0.407. The van der Waals surface area contributed by atoms with E-state index in [-0.39, 0.29) is 11.9 Å². The number of amides is 1. The monoisotopic (exact) mass is 355 g/mol. The van der Waals surface area contributed by atoms with Crippen molar-refractivity contribution in [3.05, 3.63) is 53.6 Å². The standard InChI is InChI=1S/C20H22ClN3O/c1-4-13(2)22-20(25)14(3)24-18-11-10-16(21)12-17(18)19(23-24)15-8-6-5-7-9-15/h5-14H,4H2,1-3H3,(H,22,25)/t13-,14-/m1/s1. The minimum absolute atomic E-state index is 0.0340. The molecule has 0 saturated heterocycles. The number of nitrogens with zero attached hydrogens (tertiary/aromatic N) is 2. The number of benzene rings is 2. The zero-order chi connectivity index (χ0) is 18.0. The lowest BCUT2D eigenvalue weighted by Crippen LogP contribution is -2.37. The maximum atomic E-state index is 12.6. The van der Waals surface area contributed by atoms with E-state index in [1.807, 2.05) is 62.4 Å². The minimum Gasteiger partial charge on any atom is -0.352 e. The molecule has 0 radical (unpaired) electrons. The first-order valence-corrected chi connectivity index (χ1v) is 8.92. The van der Waals surface area contributed by atoms with Gasteiger partial charge in [-0.25, -0.2) is 0 Å². The molecule has 0 spiro atoms. The predicted octanol–water partition coefficient (Wildman–Crippen LogP) is 4.83. The van der Waals surface area contributed by atoms with Crippen LogP contribution in [0.5, 0.6) is 0 Å². The molecule has 0 aliphatic rings. The molecule has 0 unspecified atom stereocenters.